The summed E-state index contributed by atoms with van der Waals surface area (Å²) in [4.78, 5) is 9.94. The predicted octanol–water partition coefficient (Wildman–Crippen LogP) is 4.79. The Morgan fingerprint density at radius 1 is 1.24 bits per heavy atom. The van der Waals surface area contributed by atoms with E-state index in [0.29, 0.717) is 5.95 Å². The highest BCUT2D eigenvalue weighted by molar-refractivity contribution is 9.10. The first kappa shape index (κ1) is 15.8. The zero-order valence-electron chi connectivity index (χ0n) is 13.7. The molecule has 6 heteroatoms. The van der Waals surface area contributed by atoms with Crippen LogP contribution in [0.4, 0.5) is 11.6 Å². The van der Waals surface area contributed by atoms with Crippen LogP contribution in [0, 0.1) is 0 Å². The van der Waals surface area contributed by atoms with Gasteiger partial charge < -0.3 is 19.9 Å². The number of hydrogen-bond donors (Lipinski definition) is 2. The smallest absolute Gasteiger partial charge is 0.205 e. The molecule has 0 unspecified atom stereocenters. The minimum Gasteiger partial charge on any atom is -0.458 e. The van der Waals surface area contributed by atoms with E-state index in [1.54, 1.807) is 0 Å². The Hall–Kier alpha value is -2.73. The average molecular weight is 397 g/mol. The molecule has 0 bridgehead atoms. The van der Waals surface area contributed by atoms with Crippen molar-refractivity contribution >= 4 is 38.6 Å². The minimum atomic E-state index is 0.692. The molecule has 0 fully saturated rings. The highest BCUT2D eigenvalue weighted by atomic mass is 79.9. The van der Waals surface area contributed by atoms with Crippen LogP contribution >= 0.6 is 15.9 Å². The Bertz CT molecular complexity index is 976. The third kappa shape index (κ3) is 3.53. The van der Waals surface area contributed by atoms with Gasteiger partial charge in [0.05, 0.1) is 16.7 Å². The second-order valence-corrected chi connectivity index (χ2v) is 6.69. The lowest BCUT2D eigenvalue weighted by atomic mass is 10.3. The van der Waals surface area contributed by atoms with Crippen LogP contribution < -0.4 is 10.1 Å². The molecule has 2 N–H and O–H groups in total. The van der Waals surface area contributed by atoms with Crippen LogP contribution in [0.25, 0.3) is 11.0 Å². The Balaban J connectivity index is 1.55. The summed E-state index contributed by atoms with van der Waals surface area (Å²) < 4.78 is 6.92. The standard InChI is InChI=1S/C19H17BrN4O/c1-24-10-8-13(9-11-24)25-14-6-7-17-18(12-14)23-19(22-17)21-16-5-3-2-4-15(16)20/h2-10,12H,11H2,1H3,(H2,21,22,23). The van der Waals surface area contributed by atoms with Gasteiger partial charge in [-0.05, 0) is 52.3 Å². The van der Waals surface area contributed by atoms with E-state index in [-0.39, 0.29) is 0 Å². The fourth-order valence-corrected chi connectivity index (χ4v) is 2.96. The van der Waals surface area contributed by atoms with Crippen molar-refractivity contribution in [1.29, 1.82) is 0 Å². The van der Waals surface area contributed by atoms with Gasteiger partial charge >= 0.3 is 0 Å². The fourth-order valence-electron chi connectivity index (χ4n) is 2.58. The number of aromatic nitrogens is 2. The maximum absolute atomic E-state index is 5.93. The monoisotopic (exact) mass is 396 g/mol. The number of rotatable bonds is 4. The van der Waals surface area contributed by atoms with Crippen molar-refractivity contribution in [2.75, 3.05) is 18.9 Å². The lowest BCUT2D eigenvalue weighted by Gasteiger charge is -2.17. The molecule has 0 radical (unpaired) electrons. The van der Waals surface area contributed by atoms with Gasteiger partial charge in [0, 0.05) is 30.3 Å². The number of allylic oxidation sites excluding steroid dienone is 1. The molecule has 0 atom stereocenters. The summed E-state index contributed by atoms with van der Waals surface area (Å²) in [5.74, 6) is 2.32. The molecule has 1 aliphatic rings. The summed E-state index contributed by atoms with van der Waals surface area (Å²) >= 11 is 3.53. The van der Waals surface area contributed by atoms with Crippen LogP contribution in [-0.2, 0) is 0 Å². The van der Waals surface area contributed by atoms with Crippen LogP contribution in [0.1, 0.15) is 0 Å². The molecule has 25 heavy (non-hydrogen) atoms. The first-order chi connectivity index (χ1) is 12.2. The normalized spacial score (nSPS) is 13.8. The number of fused-ring (bicyclic) bond motifs is 1. The molecule has 3 aromatic rings. The number of H-pyrrole nitrogens is 1. The van der Waals surface area contributed by atoms with Gasteiger partial charge in [-0.25, -0.2) is 4.98 Å². The van der Waals surface area contributed by atoms with Gasteiger partial charge in [0.2, 0.25) is 5.95 Å². The molecule has 2 heterocycles. The first-order valence-corrected chi connectivity index (χ1v) is 8.74. The van der Waals surface area contributed by atoms with E-state index >= 15 is 0 Å². The van der Waals surface area contributed by atoms with Crippen molar-refractivity contribution in [3.8, 4) is 5.75 Å². The fraction of sp³-hybridized carbons (Fsp3) is 0.105. The SMILES string of the molecule is CN1C=CC(Oc2ccc3nc(Nc4ccccc4Br)[nH]c3c2)=CC1. The van der Waals surface area contributed by atoms with Gasteiger partial charge in [-0.1, -0.05) is 12.1 Å². The molecular weight excluding hydrogens is 380 g/mol. The van der Waals surface area contributed by atoms with Crippen molar-refractivity contribution < 1.29 is 4.74 Å². The molecule has 4 rings (SSSR count). The Labute approximate surface area is 154 Å². The summed E-state index contributed by atoms with van der Waals surface area (Å²) in [6.45, 7) is 0.845. The molecule has 0 amide bonds. The number of anilines is 2. The van der Waals surface area contributed by atoms with Crippen molar-refractivity contribution in [2.24, 2.45) is 0 Å². The molecule has 0 saturated heterocycles. The maximum atomic E-state index is 5.93. The molecule has 1 aromatic heterocycles. The summed E-state index contributed by atoms with van der Waals surface area (Å²) in [5, 5.41) is 3.28. The van der Waals surface area contributed by atoms with Gasteiger partial charge in [0.25, 0.3) is 0 Å². The predicted molar refractivity (Wildman–Crippen MR) is 104 cm³/mol. The highest BCUT2D eigenvalue weighted by Crippen LogP contribution is 2.27. The number of likely N-dealkylation sites (N-methyl/N-ethyl adjacent to an activating group) is 1. The van der Waals surface area contributed by atoms with Crippen molar-refractivity contribution in [2.45, 2.75) is 0 Å². The summed E-state index contributed by atoms with van der Waals surface area (Å²) in [6.07, 6.45) is 6.02. The average Bonchev–Trinajstić information content (AvgIpc) is 3.01. The molecule has 0 spiro atoms. The summed E-state index contributed by atoms with van der Waals surface area (Å²) in [5.41, 5.74) is 2.76. The van der Waals surface area contributed by atoms with Crippen LogP contribution in [0.2, 0.25) is 0 Å². The third-order valence-electron chi connectivity index (χ3n) is 3.89. The summed E-state index contributed by atoms with van der Waals surface area (Å²) in [6, 6.07) is 13.8. The Morgan fingerprint density at radius 3 is 2.92 bits per heavy atom. The van der Waals surface area contributed by atoms with Crippen LogP contribution in [0.5, 0.6) is 5.75 Å². The largest absolute Gasteiger partial charge is 0.458 e. The van der Waals surface area contributed by atoms with E-state index in [2.05, 4.69) is 42.2 Å². The molecule has 0 saturated carbocycles. The van der Waals surface area contributed by atoms with Crippen LogP contribution in [0.15, 0.2) is 71.0 Å². The lowest BCUT2D eigenvalue weighted by molar-refractivity contribution is 0.416. The molecular formula is C19H17BrN4O. The molecule has 126 valence electrons. The zero-order chi connectivity index (χ0) is 17.2. The Kier molecular flexibility index (Phi) is 4.19. The molecule has 2 aromatic carbocycles. The minimum absolute atomic E-state index is 0.692. The lowest BCUT2D eigenvalue weighted by Crippen LogP contribution is -2.15. The van der Waals surface area contributed by atoms with E-state index in [1.807, 2.05) is 61.8 Å². The van der Waals surface area contributed by atoms with E-state index < -0.39 is 0 Å². The number of nitrogens with zero attached hydrogens (tertiary/aromatic N) is 2. The number of imidazole rings is 1. The number of nitrogens with one attached hydrogen (secondary N) is 2. The van der Waals surface area contributed by atoms with Crippen molar-refractivity contribution in [1.82, 2.24) is 14.9 Å². The third-order valence-corrected chi connectivity index (χ3v) is 4.58. The van der Waals surface area contributed by atoms with Gasteiger partial charge in [0.1, 0.15) is 11.5 Å². The quantitative estimate of drug-likeness (QED) is 0.665. The number of halogens is 1. The van der Waals surface area contributed by atoms with Gasteiger partial charge in [-0.3, -0.25) is 0 Å². The second kappa shape index (κ2) is 6.64. The number of ether oxygens (including phenoxy) is 1. The summed E-state index contributed by atoms with van der Waals surface area (Å²) in [7, 11) is 2.03. The van der Waals surface area contributed by atoms with Crippen molar-refractivity contribution in [3.05, 3.63) is 71.0 Å². The maximum Gasteiger partial charge on any atom is 0.205 e. The van der Waals surface area contributed by atoms with Crippen LogP contribution in [-0.4, -0.2) is 28.5 Å². The molecule has 0 aliphatic carbocycles. The highest BCUT2D eigenvalue weighted by Gasteiger charge is 2.08. The van der Waals surface area contributed by atoms with E-state index in [0.717, 1.165) is 39.2 Å². The number of hydrogen-bond acceptors (Lipinski definition) is 4. The zero-order valence-corrected chi connectivity index (χ0v) is 15.2. The van der Waals surface area contributed by atoms with E-state index in [1.165, 1.54) is 0 Å². The first-order valence-electron chi connectivity index (χ1n) is 7.95. The number of aromatic amines is 1. The Morgan fingerprint density at radius 2 is 2.12 bits per heavy atom. The van der Waals surface area contributed by atoms with Gasteiger partial charge in [0.15, 0.2) is 0 Å². The van der Waals surface area contributed by atoms with Gasteiger partial charge in [-0.2, -0.15) is 0 Å². The van der Waals surface area contributed by atoms with Crippen molar-refractivity contribution in [3.63, 3.8) is 0 Å². The van der Waals surface area contributed by atoms with Gasteiger partial charge in [-0.15, -0.1) is 0 Å². The number of benzene rings is 2. The second-order valence-electron chi connectivity index (χ2n) is 5.83. The van der Waals surface area contributed by atoms with E-state index in [4.69, 9.17) is 4.74 Å². The molecule has 1 aliphatic heterocycles. The molecule has 5 nitrogen and oxygen atoms in total. The topological polar surface area (TPSA) is 53.2 Å². The van der Waals surface area contributed by atoms with Crippen LogP contribution in [0.3, 0.4) is 0 Å². The van der Waals surface area contributed by atoms with E-state index in [9.17, 15) is 0 Å². The number of para-hydroxylation sites is 1.